The lowest BCUT2D eigenvalue weighted by atomic mass is 10.1. The van der Waals surface area contributed by atoms with Crippen molar-refractivity contribution in [2.75, 3.05) is 11.9 Å². The highest BCUT2D eigenvalue weighted by Gasteiger charge is 2.12. The molecule has 0 aliphatic rings. The van der Waals surface area contributed by atoms with E-state index in [0.717, 1.165) is 26.0 Å². The van der Waals surface area contributed by atoms with Crippen LogP contribution in [0.4, 0.5) is 5.13 Å². The number of hydrogen-bond donors (Lipinski definition) is 2. The number of hydrogen-bond acceptors (Lipinski definition) is 8. The van der Waals surface area contributed by atoms with Crippen LogP contribution in [0.5, 0.6) is 5.75 Å². The molecule has 0 atom stereocenters. The molecule has 0 fully saturated rings. The van der Waals surface area contributed by atoms with Gasteiger partial charge >= 0.3 is 5.63 Å². The molecular formula is C17H17N3O3S2. The van der Waals surface area contributed by atoms with Crippen LogP contribution in [0, 0.1) is 0 Å². The van der Waals surface area contributed by atoms with Crippen LogP contribution in [0.3, 0.4) is 0 Å². The molecule has 0 saturated carbocycles. The number of rotatable bonds is 7. The summed E-state index contributed by atoms with van der Waals surface area (Å²) in [4.78, 5) is 11.8. The zero-order valence-electron chi connectivity index (χ0n) is 13.6. The number of benzene rings is 1. The summed E-state index contributed by atoms with van der Waals surface area (Å²) in [5, 5.41) is 22.8. The number of fused-ring (bicyclic) bond motifs is 1. The summed E-state index contributed by atoms with van der Waals surface area (Å²) in [6, 6.07) is 4.87. The van der Waals surface area contributed by atoms with Gasteiger partial charge in [-0.2, -0.15) is 0 Å². The van der Waals surface area contributed by atoms with Gasteiger partial charge in [0.05, 0.1) is 0 Å². The van der Waals surface area contributed by atoms with Gasteiger partial charge in [-0.25, -0.2) is 4.79 Å². The lowest BCUT2D eigenvalue weighted by Crippen LogP contribution is -2.00. The Bertz CT molecular complexity index is 965. The summed E-state index contributed by atoms with van der Waals surface area (Å²) in [5.41, 5.74) is 1.63. The molecule has 8 heteroatoms. The molecule has 2 heterocycles. The van der Waals surface area contributed by atoms with E-state index in [2.05, 4.69) is 22.1 Å². The van der Waals surface area contributed by atoms with Crippen molar-refractivity contribution in [2.24, 2.45) is 0 Å². The fourth-order valence-electron chi connectivity index (χ4n) is 2.35. The largest absolute Gasteiger partial charge is 0.508 e. The van der Waals surface area contributed by atoms with E-state index >= 15 is 0 Å². The molecule has 0 amide bonds. The molecule has 6 nitrogen and oxygen atoms in total. The van der Waals surface area contributed by atoms with E-state index in [1.807, 2.05) is 13.0 Å². The average Bonchev–Trinajstić information content (AvgIpc) is 3.05. The molecule has 0 spiro atoms. The number of aryl methyl sites for hydroxylation is 1. The van der Waals surface area contributed by atoms with Crippen LogP contribution in [0.15, 0.2) is 44.4 Å². The van der Waals surface area contributed by atoms with E-state index in [9.17, 15) is 9.90 Å². The summed E-state index contributed by atoms with van der Waals surface area (Å²) < 4.78 is 6.02. The third kappa shape index (κ3) is 4.02. The second kappa shape index (κ2) is 7.71. The predicted molar refractivity (Wildman–Crippen MR) is 102 cm³/mol. The van der Waals surface area contributed by atoms with Gasteiger partial charge in [0.25, 0.3) is 0 Å². The molecule has 25 heavy (non-hydrogen) atoms. The van der Waals surface area contributed by atoms with E-state index in [1.54, 1.807) is 6.08 Å². The summed E-state index contributed by atoms with van der Waals surface area (Å²) >= 11 is 2.96. The van der Waals surface area contributed by atoms with Crippen molar-refractivity contribution >= 4 is 39.2 Å². The third-order valence-electron chi connectivity index (χ3n) is 3.57. The standard InChI is InChI=1S/C17H17N3O3S2/c1-3-5-18-16-19-20-17(25-16)24-9-11-7-15(22)23-14-8-13(21)10(4-2)6-12(11)14/h3,6-8,21H,1,4-5,9H2,2H3,(H,18,19). The summed E-state index contributed by atoms with van der Waals surface area (Å²) in [6.45, 7) is 6.25. The summed E-state index contributed by atoms with van der Waals surface area (Å²) in [5.74, 6) is 0.705. The van der Waals surface area contributed by atoms with Gasteiger partial charge in [-0.05, 0) is 23.6 Å². The van der Waals surface area contributed by atoms with Gasteiger partial charge in [-0.3, -0.25) is 0 Å². The smallest absolute Gasteiger partial charge is 0.336 e. The van der Waals surface area contributed by atoms with Crippen LogP contribution in [0.2, 0.25) is 0 Å². The van der Waals surface area contributed by atoms with Crippen molar-refractivity contribution in [3.8, 4) is 5.75 Å². The molecule has 3 rings (SSSR count). The minimum absolute atomic E-state index is 0.144. The lowest BCUT2D eigenvalue weighted by Gasteiger charge is -2.07. The number of nitrogens with zero attached hydrogens (tertiary/aromatic N) is 2. The number of aromatic nitrogens is 2. The molecule has 2 N–H and O–H groups in total. The molecule has 0 radical (unpaired) electrons. The van der Waals surface area contributed by atoms with Gasteiger partial charge < -0.3 is 14.8 Å². The molecule has 0 bridgehead atoms. The fraction of sp³-hybridized carbons (Fsp3) is 0.235. The van der Waals surface area contributed by atoms with Gasteiger partial charge in [0, 0.05) is 29.8 Å². The molecule has 0 saturated heterocycles. The van der Waals surface area contributed by atoms with E-state index < -0.39 is 5.63 Å². The SMILES string of the molecule is C=CCNc1nnc(SCc2cc(=O)oc3cc(O)c(CC)cc23)s1. The lowest BCUT2D eigenvalue weighted by molar-refractivity contribution is 0.466. The Balaban J connectivity index is 1.86. The van der Waals surface area contributed by atoms with E-state index in [0.29, 0.717) is 24.3 Å². The molecule has 0 unspecified atom stereocenters. The van der Waals surface area contributed by atoms with Gasteiger partial charge in [0.2, 0.25) is 5.13 Å². The topological polar surface area (TPSA) is 88.3 Å². The van der Waals surface area contributed by atoms with Crippen molar-refractivity contribution in [2.45, 2.75) is 23.4 Å². The minimum Gasteiger partial charge on any atom is -0.508 e. The Kier molecular flexibility index (Phi) is 5.40. The Morgan fingerprint density at radius 3 is 2.96 bits per heavy atom. The quantitative estimate of drug-likeness (QED) is 0.369. The minimum atomic E-state index is -0.433. The molecule has 0 aliphatic carbocycles. The van der Waals surface area contributed by atoms with Crippen LogP contribution in [0.25, 0.3) is 11.0 Å². The van der Waals surface area contributed by atoms with Crippen LogP contribution in [-0.4, -0.2) is 21.8 Å². The van der Waals surface area contributed by atoms with Gasteiger partial charge in [0.1, 0.15) is 11.3 Å². The van der Waals surface area contributed by atoms with Crippen molar-refractivity contribution in [3.05, 3.63) is 52.4 Å². The zero-order chi connectivity index (χ0) is 17.8. The van der Waals surface area contributed by atoms with Crippen molar-refractivity contribution in [3.63, 3.8) is 0 Å². The normalized spacial score (nSPS) is 10.9. The number of phenolic OH excluding ortho intramolecular Hbond substituents is 1. The Morgan fingerprint density at radius 1 is 1.36 bits per heavy atom. The van der Waals surface area contributed by atoms with Crippen LogP contribution >= 0.6 is 23.1 Å². The van der Waals surface area contributed by atoms with Gasteiger partial charge in [0.15, 0.2) is 4.34 Å². The maximum Gasteiger partial charge on any atom is 0.336 e. The first-order valence-electron chi connectivity index (χ1n) is 7.70. The number of anilines is 1. The third-order valence-corrected chi connectivity index (χ3v) is 5.63. The molecular weight excluding hydrogens is 358 g/mol. The first kappa shape index (κ1) is 17.5. The summed E-state index contributed by atoms with van der Waals surface area (Å²) in [7, 11) is 0. The van der Waals surface area contributed by atoms with Crippen LogP contribution in [0.1, 0.15) is 18.1 Å². The maximum atomic E-state index is 11.8. The molecule has 1 aromatic carbocycles. The van der Waals surface area contributed by atoms with Crippen molar-refractivity contribution in [1.82, 2.24) is 10.2 Å². The highest BCUT2D eigenvalue weighted by Crippen LogP contribution is 2.32. The fourth-order valence-corrected chi connectivity index (χ4v) is 4.10. The van der Waals surface area contributed by atoms with E-state index in [-0.39, 0.29) is 5.75 Å². The molecule has 3 aromatic rings. The van der Waals surface area contributed by atoms with Crippen LogP contribution < -0.4 is 10.9 Å². The maximum absolute atomic E-state index is 11.8. The Labute approximate surface area is 152 Å². The number of aromatic hydroxyl groups is 1. The van der Waals surface area contributed by atoms with Crippen molar-refractivity contribution in [1.29, 1.82) is 0 Å². The Morgan fingerprint density at radius 2 is 2.20 bits per heavy atom. The number of nitrogens with one attached hydrogen (secondary N) is 1. The average molecular weight is 375 g/mol. The highest BCUT2D eigenvalue weighted by atomic mass is 32.2. The summed E-state index contributed by atoms with van der Waals surface area (Å²) in [6.07, 6.45) is 2.45. The highest BCUT2D eigenvalue weighted by molar-refractivity contribution is 8.00. The van der Waals surface area contributed by atoms with Crippen molar-refractivity contribution < 1.29 is 9.52 Å². The Hall–Kier alpha value is -2.32. The predicted octanol–water partition coefficient (Wildman–Crippen LogP) is 3.80. The second-order valence-electron chi connectivity index (χ2n) is 5.25. The van der Waals surface area contributed by atoms with E-state index in [1.165, 1.54) is 35.2 Å². The molecule has 130 valence electrons. The zero-order valence-corrected chi connectivity index (χ0v) is 15.2. The first-order valence-corrected chi connectivity index (χ1v) is 9.50. The van der Waals surface area contributed by atoms with Gasteiger partial charge in [-0.1, -0.05) is 36.1 Å². The van der Waals surface area contributed by atoms with E-state index in [4.69, 9.17) is 4.42 Å². The van der Waals surface area contributed by atoms with Gasteiger partial charge in [-0.15, -0.1) is 16.8 Å². The number of thioether (sulfide) groups is 1. The molecule has 2 aromatic heterocycles. The second-order valence-corrected chi connectivity index (χ2v) is 7.45. The monoisotopic (exact) mass is 375 g/mol. The first-order chi connectivity index (χ1) is 12.1. The van der Waals surface area contributed by atoms with Crippen LogP contribution in [-0.2, 0) is 12.2 Å². The molecule has 0 aliphatic heterocycles. The number of phenols is 1.